The number of nitrogens with one attached hydrogen (secondary N) is 1. The van der Waals surface area contributed by atoms with Gasteiger partial charge in [-0.1, -0.05) is 6.07 Å². The Morgan fingerprint density at radius 3 is 2.46 bits per heavy atom. The van der Waals surface area contributed by atoms with Crippen molar-refractivity contribution in [3.05, 3.63) is 65.2 Å². The third kappa shape index (κ3) is 4.36. The van der Waals surface area contributed by atoms with Gasteiger partial charge in [-0.15, -0.1) is 0 Å². The molecule has 3 rings (SSSR count). The zero-order valence-corrected chi connectivity index (χ0v) is 14.1. The van der Waals surface area contributed by atoms with Crippen molar-refractivity contribution in [1.82, 2.24) is 5.32 Å². The average molecular weight is 362 g/mol. The summed E-state index contributed by atoms with van der Waals surface area (Å²) in [5, 5.41) is 12.6. The third-order valence-electron chi connectivity index (χ3n) is 4.29. The zero-order chi connectivity index (χ0) is 18.5. The number of morpholine rings is 1. The van der Waals surface area contributed by atoms with E-state index in [0.29, 0.717) is 18.8 Å². The molecule has 1 aliphatic rings. The number of carbonyl (C=O) groups excluding carboxylic acids is 1. The van der Waals surface area contributed by atoms with Gasteiger partial charge in [-0.3, -0.25) is 4.79 Å². The monoisotopic (exact) mass is 362 g/mol. The summed E-state index contributed by atoms with van der Waals surface area (Å²) in [6.45, 7) is 2.89. The minimum absolute atomic E-state index is 0.102. The highest BCUT2D eigenvalue weighted by Crippen LogP contribution is 2.18. The molecular formula is C19H20F2N2O3. The summed E-state index contributed by atoms with van der Waals surface area (Å²) < 4.78 is 31.5. The van der Waals surface area contributed by atoms with Crippen molar-refractivity contribution >= 4 is 11.6 Å². The van der Waals surface area contributed by atoms with E-state index in [0.717, 1.165) is 30.9 Å². The van der Waals surface area contributed by atoms with Gasteiger partial charge in [-0.25, -0.2) is 8.78 Å². The Morgan fingerprint density at radius 2 is 1.81 bits per heavy atom. The van der Waals surface area contributed by atoms with E-state index in [1.165, 1.54) is 6.07 Å². The number of anilines is 1. The molecule has 0 radical (unpaired) electrons. The SMILES string of the molecule is O=C(NCC(O)c1ccc(F)c(F)c1)c1ccc(N2CCOCC2)cc1. The van der Waals surface area contributed by atoms with Crippen LogP contribution in [0.25, 0.3) is 0 Å². The van der Waals surface area contributed by atoms with Gasteiger partial charge in [-0.2, -0.15) is 0 Å². The van der Waals surface area contributed by atoms with E-state index < -0.39 is 17.7 Å². The highest BCUT2D eigenvalue weighted by Gasteiger charge is 2.14. The number of benzene rings is 2. The molecule has 2 N–H and O–H groups in total. The number of nitrogens with zero attached hydrogens (tertiary/aromatic N) is 1. The Hall–Kier alpha value is -2.51. The molecule has 0 aromatic heterocycles. The van der Waals surface area contributed by atoms with Crippen molar-refractivity contribution in [2.24, 2.45) is 0 Å². The summed E-state index contributed by atoms with van der Waals surface area (Å²) in [5.41, 5.74) is 1.68. The second-order valence-electron chi connectivity index (χ2n) is 6.05. The van der Waals surface area contributed by atoms with Crippen molar-refractivity contribution in [1.29, 1.82) is 0 Å². The van der Waals surface area contributed by atoms with Gasteiger partial charge in [0.05, 0.1) is 19.3 Å². The van der Waals surface area contributed by atoms with Crippen molar-refractivity contribution in [2.75, 3.05) is 37.7 Å². The predicted octanol–water partition coefficient (Wildman–Crippen LogP) is 2.26. The van der Waals surface area contributed by atoms with Crippen LogP contribution in [0.2, 0.25) is 0 Å². The molecule has 1 aliphatic heterocycles. The number of carbonyl (C=O) groups is 1. The van der Waals surface area contributed by atoms with Crippen LogP contribution in [0.15, 0.2) is 42.5 Å². The van der Waals surface area contributed by atoms with E-state index in [9.17, 15) is 18.7 Å². The van der Waals surface area contributed by atoms with Crippen molar-refractivity contribution in [2.45, 2.75) is 6.10 Å². The van der Waals surface area contributed by atoms with Crippen molar-refractivity contribution in [3.63, 3.8) is 0 Å². The molecule has 1 unspecified atom stereocenters. The maximum absolute atomic E-state index is 13.2. The van der Waals surface area contributed by atoms with Crippen LogP contribution in [0.3, 0.4) is 0 Å². The van der Waals surface area contributed by atoms with Gasteiger partial charge >= 0.3 is 0 Å². The Bertz CT molecular complexity index is 762. The standard InChI is InChI=1S/C19H20F2N2O3/c20-16-6-3-14(11-17(16)21)18(24)12-22-19(25)13-1-4-15(5-2-13)23-7-9-26-10-8-23/h1-6,11,18,24H,7-10,12H2,(H,22,25). The van der Waals surface area contributed by atoms with Crippen LogP contribution in [0.5, 0.6) is 0 Å². The Kier molecular flexibility index (Phi) is 5.80. The summed E-state index contributed by atoms with van der Waals surface area (Å²) in [6, 6.07) is 10.3. The second-order valence-corrected chi connectivity index (χ2v) is 6.05. The van der Waals surface area contributed by atoms with E-state index in [1.807, 2.05) is 12.1 Å². The minimum Gasteiger partial charge on any atom is -0.387 e. The fourth-order valence-corrected chi connectivity index (χ4v) is 2.77. The van der Waals surface area contributed by atoms with Crippen LogP contribution in [-0.4, -0.2) is 43.9 Å². The first-order chi connectivity index (χ1) is 12.5. The number of ether oxygens (including phenoxy) is 1. The molecular weight excluding hydrogens is 342 g/mol. The maximum atomic E-state index is 13.2. The van der Waals surface area contributed by atoms with Gasteiger partial charge in [0.2, 0.25) is 0 Å². The Labute approximate surface area is 150 Å². The van der Waals surface area contributed by atoms with Gasteiger partial charge in [0.1, 0.15) is 0 Å². The van der Waals surface area contributed by atoms with Crippen molar-refractivity contribution < 1.29 is 23.4 Å². The summed E-state index contributed by atoms with van der Waals surface area (Å²) in [5.74, 6) is -2.36. The molecule has 26 heavy (non-hydrogen) atoms. The van der Waals surface area contributed by atoms with Crippen LogP contribution < -0.4 is 10.2 Å². The van der Waals surface area contributed by atoms with Crippen LogP contribution in [0.1, 0.15) is 22.0 Å². The quantitative estimate of drug-likeness (QED) is 0.857. The smallest absolute Gasteiger partial charge is 0.251 e. The summed E-state index contributed by atoms with van der Waals surface area (Å²) in [7, 11) is 0. The Balaban J connectivity index is 1.56. The van der Waals surface area contributed by atoms with Crippen LogP contribution >= 0.6 is 0 Å². The molecule has 5 nitrogen and oxygen atoms in total. The van der Waals surface area contributed by atoms with E-state index in [1.54, 1.807) is 12.1 Å². The minimum atomic E-state index is -1.12. The molecule has 0 bridgehead atoms. The second kappa shape index (κ2) is 8.25. The summed E-state index contributed by atoms with van der Waals surface area (Å²) >= 11 is 0. The highest BCUT2D eigenvalue weighted by atomic mass is 19.2. The van der Waals surface area contributed by atoms with Crippen LogP contribution in [0, 0.1) is 11.6 Å². The first kappa shape index (κ1) is 18.3. The molecule has 138 valence electrons. The molecule has 1 atom stereocenters. The van der Waals surface area contributed by atoms with Crippen LogP contribution in [0.4, 0.5) is 14.5 Å². The van der Waals surface area contributed by atoms with Crippen molar-refractivity contribution in [3.8, 4) is 0 Å². The van der Waals surface area contributed by atoms with E-state index in [2.05, 4.69) is 10.2 Å². The fourth-order valence-electron chi connectivity index (χ4n) is 2.77. The summed E-state index contributed by atoms with van der Waals surface area (Å²) in [4.78, 5) is 14.4. The third-order valence-corrected chi connectivity index (χ3v) is 4.29. The maximum Gasteiger partial charge on any atom is 0.251 e. The lowest BCUT2D eigenvalue weighted by Crippen LogP contribution is -2.36. The molecule has 2 aromatic rings. The molecule has 1 fully saturated rings. The number of aliphatic hydroxyl groups is 1. The molecule has 2 aromatic carbocycles. The number of hydrogen-bond acceptors (Lipinski definition) is 4. The van der Waals surface area contributed by atoms with Gasteiger partial charge < -0.3 is 20.1 Å². The van der Waals surface area contributed by atoms with E-state index in [-0.39, 0.29) is 18.0 Å². The van der Waals surface area contributed by atoms with Gasteiger partial charge in [-0.05, 0) is 42.0 Å². The number of halogens is 2. The van der Waals surface area contributed by atoms with E-state index >= 15 is 0 Å². The number of rotatable bonds is 5. The highest BCUT2D eigenvalue weighted by molar-refractivity contribution is 5.94. The lowest BCUT2D eigenvalue weighted by Gasteiger charge is -2.28. The van der Waals surface area contributed by atoms with E-state index in [4.69, 9.17) is 4.74 Å². The first-order valence-electron chi connectivity index (χ1n) is 8.38. The number of amides is 1. The van der Waals surface area contributed by atoms with Gasteiger partial charge in [0, 0.05) is 30.9 Å². The lowest BCUT2D eigenvalue weighted by atomic mass is 10.1. The molecule has 0 spiro atoms. The fraction of sp³-hybridized carbons (Fsp3) is 0.316. The number of aliphatic hydroxyl groups excluding tert-OH is 1. The van der Waals surface area contributed by atoms with Gasteiger partial charge in [0.25, 0.3) is 5.91 Å². The average Bonchev–Trinajstić information content (AvgIpc) is 2.68. The van der Waals surface area contributed by atoms with Crippen LogP contribution in [-0.2, 0) is 4.74 Å². The predicted molar refractivity (Wildman–Crippen MR) is 93.1 cm³/mol. The Morgan fingerprint density at radius 1 is 1.12 bits per heavy atom. The molecule has 7 heteroatoms. The van der Waals surface area contributed by atoms with Gasteiger partial charge in [0.15, 0.2) is 11.6 Å². The normalized spacial score (nSPS) is 15.6. The molecule has 1 heterocycles. The first-order valence-corrected chi connectivity index (χ1v) is 8.38. The molecule has 1 saturated heterocycles. The summed E-state index contributed by atoms with van der Waals surface area (Å²) in [6.07, 6.45) is -1.12. The number of hydrogen-bond donors (Lipinski definition) is 2. The zero-order valence-electron chi connectivity index (χ0n) is 14.1. The topological polar surface area (TPSA) is 61.8 Å². The molecule has 0 aliphatic carbocycles. The molecule has 0 saturated carbocycles. The lowest BCUT2D eigenvalue weighted by molar-refractivity contribution is 0.0916. The molecule has 1 amide bonds. The largest absolute Gasteiger partial charge is 0.387 e.